The first kappa shape index (κ1) is 22.7. The molecule has 10 heteroatoms. The number of H-pyrrole nitrogens is 1. The van der Waals surface area contributed by atoms with Gasteiger partial charge in [0.05, 0.1) is 53.9 Å². The number of nitrogens with one attached hydrogen (secondary N) is 1. The van der Waals surface area contributed by atoms with Gasteiger partial charge in [0.15, 0.2) is 0 Å². The molecule has 2 fully saturated rings. The maximum absolute atomic E-state index is 6.77. The molecule has 1 saturated heterocycles. The van der Waals surface area contributed by atoms with E-state index in [1.54, 1.807) is 6.20 Å². The number of nitrogens with zero attached hydrogens (tertiary/aromatic N) is 6. The van der Waals surface area contributed by atoms with E-state index in [2.05, 4.69) is 35.8 Å². The van der Waals surface area contributed by atoms with Crippen LogP contribution in [0.3, 0.4) is 0 Å². The third-order valence-electron chi connectivity index (χ3n) is 7.34. The van der Waals surface area contributed by atoms with Crippen LogP contribution >= 0.6 is 11.6 Å². The topological polar surface area (TPSA) is 94.0 Å². The van der Waals surface area contributed by atoms with Crippen molar-refractivity contribution in [2.24, 2.45) is 0 Å². The number of aryl methyl sites for hydroxylation is 1. The van der Waals surface area contributed by atoms with E-state index in [1.807, 2.05) is 43.5 Å². The number of morpholine rings is 1. The number of hydrogen-bond donors (Lipinski definition) is 1. The first-order chi connectivity index (χ1) is 18.1. The Morgan fingerprint density at radius 2 is 1.86 bits per heavy atom. The van der Waals surface area contributed by atoms with Gasteiger partial charge >= 0.3 is 0 Å². The minimum Gasteiger partial charge on any atom is -0.456 e. The first-order valence-electron chi connectivity index (χ1n) is 12.6. The summed E-state index contributed by atoms with van der Waals surface area (Å²) < 4.78 is 13.7. The molecule has 0 atom stereocenters. The highest BCUT2D eigenvalue weighted by Gasteiger charge is 2.35. The Labute approximate surface area is 218 Å². The van der Waals surface area contributed by atoms with Crippen LogP contribution in [0.2, 0.25) is 5.02 Å². The molecule has 1 N–H and O–H groups in total. The van der Waals surface area contributed by atoms with Gasteiger partial charge in [-0.05, 0) is 44.0 Å². The molecule has 0 unspecified atom stereocenters. The molecule has 0 bridgehead atoms. The molecule has 188 valence electrons. The number of fused-ring (bicyclic) bond motifs is 2. The zero-order chi connectivity index (χ0) is 24.9. The van der Waals surface area contributed by atoms with Crippen molar-refractivity contribution in [3.63, 3.8) is 0 Å². The predicted molar refractivity (Wildman–Crippen MR) is 141 cm³/mol. The van der Waals surface area contributed by atoms with E-state index in [1.165, 1.54) is 0 Å². The second-order valence-electron chi connectivity index (χ2n) is 9.74. The predicted octanol–water partition coefficient (Wildman–Crippen LogP) is 5.16. The van der Waals surface area contributed by atoms with Gasteiger partial charge in [-0.25, -0.2) is 9.97 Å². The third kappa shape index (κ3) is 4.22. The molecule has 1 aliphatic carbocycles. The van der Waals surface area contributed by atoms with Gasteiger partial charge in [0.1, 0.15) is 27.9 Å². The lowest BCUT2D eigenvalue weighted by atomic mass is 9.85. The summed E-state index contributed by atoms with van der Waals surface area (Å²) in [5, 5.41) is 5.06. The number of halogens is 1. The Balaban J connectivity index is 1.11. The Morgan fingerprint density at radius 1 is 1.03 bits per heavy atom. The van der Waals surface area contributed by atoms with Gasteiger partial charge in [0.2, 0.25) is 0 Å². The molecule has 0 spiro atoms. The molecular weight excluding hydrogens is 490 g/mol. The van der Waals surface area contributed by atoms with Crippen LogP contribution in [-0.4, -0.2) is 67.0 Å². The summed E-state index contributed by atoms with van der Waals surface area (Å²) in [6, 6.07) is 10.4. The first-order valence-corrected chi connectivity index (χ1v) is 12.9. The number of imidazole rings is 1. The molecule has 2 aromatic carbocycles. The lowest BCUT2D eigenvalue weighted by Gasteiger charge is -2.44. The van der Waals surface area contributed by atoms with Crippen molar-refractivity contribution in [1.29, 1.82) is 0 Å². The minimum absolute atomic E-state index is 0.412. The highest BCUT2D eigenvalue weighted by molar-refractivity contribution is 6.36. The Hall–Kier alpha value is -3.53. The Kier molecular flexibility index (Phi) is 5.57. The van der Waals surface area contributed by atoms with Crippen molar-refractivity contribution < 1.29 is 9.47 Å². The van der Waals surface area contributed by atoms with Crippen LogP contribution in [0.5, 0.6) is 11.5 Å². The lowest BCUT2D eigenvalue weighted by molar-refractivity contribution is -0.0162. The average molecular weight is 516 g/mol. The number of aromatic amines is 1. The van der Waals surface area contributed by atoms with E-state index in [0.717, 1.165) is 67.3 Å². The van der Waals surface area contributed by atoms with Gasteiger partial charge in [0.25, 0.3) is 0 Å². The van der Waals surface area contributed by atoms with Crippen molar-refractivity contribution in [1.82, 2.24) is 34.6 Å². The summed E-state index contributed by atoms with van der Waals surface area (Å²) in [5.74, 6) is 2.05. The molecule has 5 aromatic rings. The van der Waals surface area contributed by atoms with E-state index in [9.17, 15) is 0 Å². The zero-order valence-corrected chi connectivity index (χ0v) is 21.1. The maximum atomic E-state index is 6.77. The Bertz CT molecular complexity index is 1600. The van der Waals surface area contributed by atoms with Crippen molar-refractivity contribution >= 4 is 33.7 Å². The molecule has 3 aromatic heterocycles. The minimum atomic E-state index is 0.412. The van der Waals surface area contributed by atoms with Crippen LogP contribution < -0.4 is 4.74 Å². The van der Waals surface area contributed by atoms with Crippen LogP contribution in [0.25, 0.3) is 33.3 Å². The summed E-state index contributed by atoms with van der Waals surface area (Å²) in [6.07, 6.45) is 7.91. The number of aromatic nitrogens is 6. The van der Waals surface area contributed by atoms with Crippen molar-refractivity contribution in [3.8, 4) is 22.8 Å². The van der Waals surface area contributed by atoms with Gasteiger partial charge in [0, 0.05) is 37.0 Å². The van der Waals surface area contributed by atoms with Crippen molar-refractivity contribution in [2.45, 2.75) is 31.8 Å². The Morgan fingerprint density at radius 3 is 2.73 bits per heavy atom. The molecule has 9 nitrogen and oxygen atoms in total. The van der Waals surface area contributed by atoms with E-state index < -0.39 is 0 Å². The van der Waals surface area contributed by atoms with Gasteiger partial charge < -0.3 is 14.5 Å². The summed E-state index contributed by atoms with van der Waals surface area (Å²) in [6.45, 7) is 5.65. The second kappa shape index (κ2) is 9.09. The number of benzene rings is 2. The summed E-state index contributed by atoms with van der Waals surface area (Å²) in [7, 11) is 0. The van der Waals surface area contributed by atoms with Gasteiger partial charge in [-0.3, -0.25) is 14.6 Å². The highest BCUT2D eigenvalue weighted by Crippen LogP contribution is 2.38. The quantitative estimate of drug-likeness (QED) is 0.345. The molecule has 0 radical (unpaired) electrons. The fraction of sp³-hybridized carbons (Fsp3) is 0.333. The summed E-state index contributed by atoms with van der Waals surface area (Å²) in [4.78, 5) is 19.6. The van der Waals surface area contributed by atoms with Crippen LogP contribution in [0.15, 0.2) is 48.9 Å². The van der Waals surface area contributed by atoms with E-state index >= 15 is 0 Å². The van der Waals surface area contributed by atoms with Gasteiger partial charge in [-0.15, -0.1) is 0 Å². The van der Waals surface area contributed by atoms with Crippen LogP contribution in [0, 0.1) is 6.92 Å². The normalized spacial score (nSPS) is 20.4. The SMILES string of the molecule is Cc1nc2ccc(Oc3ccc4ncc(-c5cnn([C@H]6C[C@H](N7CCOCC7)C6)c5)nc4c3Cl)cc2[nH]1. The van der Waals surface area contributed by atoms with Crippen molar-refractivity contribution in [2.75, 3.05) is 26.3 Å². The second-order valence-corrected chi connectivity index (χ2v) is 10.1. The van der Waals surface area contributed by atoms with E-state index in [4.69, 9.17) is 26.1 Å². The third-order valence-corrected chi connectivity index (χ3v) is 7.70. The molecule has 4 heterocycles. The fourth-order valence-electron chi connectivity index (χ4n) is 5.24. The average Bonchev–Trinajstić information content (AvgIpc) is 3.51. The van der Waals surface area contributed by atoms with Crippen molar-refractivity contribution in [3.05, 3.63) is 59.8 Å². The van der Waals surface area contributed by atoms with Crippen LogP contribution in [0.1, 0.15) is 24.7 Å². The number of hydrogen-bond acceptors (Lipinski definition) is 7. The molecule has 7 rings (SSSR count). The smallest absolute Gasteiger partial charge is 0.148 e. The van der Waals surface area contributed by atoms with Crippen LogP contribution in [0.4, 0.5) is 0 Å². The summed E-state index contributed by atoms with van der Waals surface area (Å²) >= 11 is 6.77. The lowest BCUT2D eigenvalue weighted by Crippen LogP contribution is -2.50. The standard InChI is InChI=1S/C27H26ClN7O2/c1-16-31-21-3-2-20(12-23(21)32-16)37-25-5-4-22-27(26(25)28)33-24(14-29-22)17-13-30-35(15-17)19-10-18(11-19)34-6-8-36-9-7-34/h2-5,12-15,18-19H,6-11H2,1H3,(H,31,32)/t18-,19-. The molecule has 0 amide bonds. The zero-order valence-electron chi connectivity index (χ0n) is 20.4. The summed E-state index contributed by atoms with van der Waals surface area (Å²) in [5.41, 5.74) is 4.76. The number of rotatable bonds is 5. The maximum Gasteiger partial charge on any atom is 0.148 e. The van der Waals surface area contributed by atoms with E-state index in [-0.39, 0.29) is 0 Å². The highest BCUT2D eigenvalue weighted by atomic mass is 35.5. The van der Waals surface area contributed by atoms with Gasteiger partial charge in [-0.1, -0.05) is 11.6 Å². The van der Waals surface area contributed by atoms with E-state index in [0.29, 0.717) is 39.6 Å². The molecule has 2 aliphatic rings. The molecular formula is C27H26ClN7O2. The van der Waals surface area contributed by atoms with Crippen LogP contribution in [-0.2, 0) is 4.74 Å². The molecule has 37 heavy (non-hydrogen) atoms. The number of ether oxygens (including phenoxy) is 2. The van der Waals surface area contributed by atoms with Gasteiger partial charge in [-0.2, -0.15) is 5.10 Å². The monoisotopic (exact) mass is 515 g/mol. The fourth-order valence-corrected chi connectivity index (χ4v) is 5.48. The molecule has 1 saturated carbocycles. The molecule has 1 aliphatic heterocycles. The largest absolute Gasteiger partial charge is 0.456 e.